The van der Waals surface area contributed by atoms with E-state index in [1.807, 2.05) is 6.07 Å². The Morgan fingerprint density at radius 3 is 2.83 bits per heavy atom. The van der Waals surface area contributed by atoms with Crippen LogP contribution in [0, 0.1) is 5.92 Å². The highest BCUT2D eigenvalue weighted by atomic mass is 79.9. The van der Waals surface area contributed by atoms with E-state index >= 15 is 0 Å². The zero-order valence-electron chi connectivity index (χ0n) is 11.4. The summed E-state index contributed by atoms with van der Waals surface area (Å²) in [6.45, 7) is 4.58. The Balaban J connectivity index is 2.16. The van der Waals surface area contributed by atoms with Crippen LogP contribution in [0.1, 0.15) is 63.0 Å². The van der Waals surface area contributed by atoms with Crippen molar-refractivity contribution in [2.24, 2.45) is 5.92 Å². The Hall–Kier alpha value is -0.500. The summed E-state index contributed by atoms with van der Waals surface area (Å²) in [6.07, 6.45) is 7.78. The van der Waals surface area contributed by atoms with E-state index in [-0.39, 0.29) is 0 Å². The number of phenols is 1. The van der Waals surface area contributed by atoms with Crippen LogP contribution in [0.2, 0.25) is 0 Å². The number of hydrogen-bond donors (Lipinski definition) is 1. The molecule has 2 unspecified atom stereocenters. The second-order valence-corrected chi connectivity index (χ2v) is 6.35. The number of fused-ring (bicyclic) bond motifs is 1. The van der Waals surface area contributed by atoms with Gasteiger partial charge in [0, 0.05) is 0 Å². The van der Waals surface area contributed by atoms with E-state index in [0.29, 0.717) is 11.7 Å². The van der Waals surface area contributed by atoms with E-state index in [9.17, 15) is 5.11 Å². The van der Waals surface area contributed by atoms with Crippen molar-refractivity contribution < 1.29 is 5.11 Å². The van der Waals surface area contributed by atoms with Crippen molar-refractivity contribution in [1.82, 2.24) is 0 Å². The minimum atomic E-state index is 0.384. The Bertz CT molecular complexity index is 414. The molecule has 1 aromatic carbocycles. The van der Waals surface area contributed by atoms with Gasteiger partial charge in [-0.2, -0.15) is 0 Å². The van der Waals surface area contributed by atoms with Crippen molar-refractivity contribution in [3.05, 3.63) is 27.7 Å². The van der Waals surface area contributed by atoms with Crippen molar-refractivity contribution >= 4 is 15.9 Å². The first-order valence-corrected chi connectivity index (χ1v) is 7.94. The molecule has 2 atom stereocenters. The molecule has 0 fully saturated rings. The summed E-state index contributed by atoms with van der Waals surface area (Å²) < 4.78 is 0.924. The summed E-state index contributed by atoms with van der Waals surface area (Å²) in [5.41, 5.74) is 2.77. The maximum atomic E-state index is 9.85. The maximum absolute atomic E-state index is 9.85. The molecule has 2 rings (SSSR count). The molecule has 0 saturated heterocycles. The SMILES string of the molecule is CCCCCC1CCc2ccc(O)c(Br)c2C1C. The third-order valence-corrected chi connectivity index (χ3v) is 5.21. The fourth-order valence-electron chi connectivity index (χ4n) is 3.21. The van der Waals surface area contributed by atoms with Crippen LogP contribution < -0.4 is 0 Å². The molecular weight excluding hydrogens is 288 g/mol. The Labute approximate surface area is 119 Å². The van der Waals surface area contributed by atoms with Gasteiger partial charge in [0.05, 0.1) is 4.47 Å². The Kier molecular flexibility index (Phi) is 4.71. The van der Waals surface area contributed by atoms with Crippen LogP contribution in [-0.4, -0.2) is 5.11 Å². The summed E-state index contributed by atoms with van der Waals surface area (Å²) in [5.74, 6) is 1.73. The Morgan fingerprint density at radius 2 is 2.11 bits per heavy atom. The smallest absolute Gasteiger partial charge is 0.130 e. The summed E-state index contributed by atoms with van der Waals surface area (Å²) in [4.78, 5) is 0. The van der Waals surface area contributed by atoms with Crippen LogP contribution >= 0.6 is 15.9 Å². The van der Waals surface area contributed by atoms with Crippen molar-refractivity contribution in [2.45, 2.75) is 58.3 Å². The average Bonchev–Trinajstić information content (AvgIpc) is 2.36. The lowest BCUT2D eigenvalue weighted by Gasteiger charge is -2.32. The van der Waals surface area contributed by atoms with E-state index in [0.717, 1.165) is 16.8 Å². The molecule has 0 saturated carbocycles. The molecule has 0 bridgehead atoms. The number of phenolic OH excluding ortho intramolecular Hbond substituents is 1. The lowest BCUT2D eigenvalue weighted by atomic mass is 9.74. The number of aryl methyl sites for hydroxylation is 1. The van der Waals surface area contributed by atoms with Crippen LogP contribution in [-0.2, 0) is 6.42 Å². The molecule has 0 spiro atoms. The van der Waals surface area contributed by atoms with E-state index in [4.69, 9.17) is 0 Å². The van der Waals surface area contributed by atoms with Crippen LogP contribution in [0.25, 0.3) is 0 Å². The second kappa shape index (κ2) is 6.10. The van der Waals surface area contributed by atoms with Gasteiger partial charge in [-0.05, 0) is 64.2 Å². The highest BCUT2D eigenvalue weighted by molar-refractivity contribution is 9.10. The van der Waals surface area contributed by atoms with Crippen LogP contribution in [0.4, 0.5) is 0 Å². The topological polar surface area (TPSA) is 20.2 Å². The molecule has 1 nitrogen and oxygen atoms in total. The van der Waals surface area contributed by atoms with Crippen LogP contribution in [0.3, 0.4) is 0 Å². The zero-order chi connectivity index (χ0) is 13.1. The fraction of sp³-hybridized carbons (Fsp3) is 0.625. The quantitative estimate of drug-likeness (QED) is 0.738. The molecule has 1 N–H and O–H groups in total. The first-order valence-electron chi connectivity index (χ1n) is 7.15. The first kappa shape index (κ1) is 13.9. The summed E-state index contributed by atoms with van der Waals surface area (Å²) in [5, 5.41) is 9.85. The standard InChI is InChI=1S/C16H23BrO/c1-3-4-5-6-12-7-8-13-9-10-14(18)16(17)15(13)11(12)2/h9-12,18H,3-8H2,1-2H3. The van der Waals surface area contributed by atoms with Gasteiger partial charge in [-0.3, -0.25) is 0 Å². The van der Waals surface area contributed by atoms with Crippen LogP contribution in [0.5, 0.6) is 5.75 Å². The van der Waals surface area contributed by atoms with Gasteiger partial charge in [0.15, 0.2) is 0 Å². The van der Waals surface area contributed by atoms with Gasteiger partial charge in [0.25, 0.3) is 0 Å². The first-order chi connectivity index (χ1) is 8.65. The molecule has 100 valence electrons. The lowest BCUT2D eigenvalue weighted by molar-refractivity contribution is 0.350. The summed E-state index contributed by atoms with van der Waals surface area (Å²) in [6, 6.07) is 3.90. The van der Waals surface area contributed by atoms with Crippen molar-refractivity contribution in [3.63, 3.8) is 0 Å². The average molecular weight is 311 g/mol. The number of unbranched alkanes of at least 4 members (excludes halogenated alkanes) is 2. The Morgan fingerprint density at radius 1 is 1.33 bits per heavy atom. The number of hydrogen-bond acceptors (Lipinski definition) is 1. The van der Waals surface area contributed by atoms with Crippen molar-refractivity contribution in [2.75, 3.05) is 0 Å². The molecule has 18 heavy (non-hydrogen) atoms. The van der Waals surface area contributed by atoms with Gasteiger partial charge >= 0.3 is 0 Å². The lowest BCUT2D eigenvalue weighted by Crippen LogP contribution is -2.19. The third kappa shape index (κ3) is 2.74. The van der Waals surface area contributed by atoms with E-state index in [2.05, 4.69) is 35.8 Å². The molecule has 2 heteroatoms. The summed E-state index contributed by atoms with van der Waals surface area (Å²) >= 11 is 3.57. The predicted molar refractivity (Wildman–Crippen MR) is 80.2 cm³/mol. The van der Waals surface area contributed by atoms with E-state index in [1.165, 1.54) is 43.2 Å². The highest BCUT2D eigenvalue weighted by Crippen LogP contribution is 2.44. The minimum Gasteiger partial charge on any atom is -0.507 e. The number of benzene rings is 1. The molecule has 0 aliphatic heterocycles. The molecule has 1 aromatic rings. The maximum Gasteiger partial charge on any atom is 0.130 e. The van der Waals surface area contributed by atoms with Crippen molar-refractivity contribution in [1.29, 1.82) is 0 Å². The minimum absolute atomic E-state index is 0.384. The zero-order valence-corrected chi connectivity index (χ0v) is 13.0. The van der Waals surface area contributed by atoms with Gasteiger partial charge in [0.1, 0.15) is 5.75 Å². The molecule has 0 aromatic heterocycles. The van der Waals surface area contributed by atoms with Gasteiger partial charge < -0.3 is 5.11 Å². The number of aromatic hydroxyl groups is 1. The van der Waals surface area contributed by atoms with Crippen LogP contribution in [0.15, 0.2) is 16.6 Å². The molecular formula is C16H23BrO. The molecule has 1 aliphatic rings. The second-order valence-electron chi connectivity index (χ2n) is 5.55. The predicted octanol–water partition coefficient (Wildman–Crippen LogP) is 5.40. The molecule has 1 aliphatic carbocycles. The monoisotopic (exact) mass is 310 g/mol. The van der Waals surface area contributed by atoms with E-state index < -0.39 is 0 Å². The number of halogens is 1. The van der Waals surface area contributed by atoms with Gasteiger partial charge in [-0.1, -0.05) is 39.2 Å². The third-order valence-electron chi connectivity index (χ3n) is 4.38. The fourth-order valence-corrected chi connectivity index (χ4v) is 3.96. The largest absolute Gasteiger partial charge is 0.507 e. The molecule has 0 amide bonds. The summed E-state index contributed by atoms with van der Waals surface area (Å²) in [7, 11) is 0. The van der Waals surface area contributed by atoms with Gasteiger partial charge in [-0.15, -0.1) is 0 Å². The van der Waals surface area contributed by atoms with Gasteiger partial charge in [0.2, 0.25) is 0 Å². The van der Waals surface area contributed by atoms with Crippen molar-refractivity contribution in [3.8, 4) is 5.75 Å². The molecule has 0 heterocycles. The highest BCUT2D eigenvalue weighted by Gasteiger charge is 2.28. The van der Waals surface area contributed by atoms with Gasteiger partial charge in [-0.25, -0.2) is 0 Å². The van der Waals surface area contributed by atoms with E-state index in [1.54, 1.807) is 0 Å². The molecule has 0 radical (unpaired) electrons. The number of rotatable bonds is 4. The normalized spacial score (nSPS) is 22.8.